The Morgan fingerprint density at radius 2 is 1.89 bits per heavy atom. The average Bonchev–Trinajstić information content (AvgIpc) is 2.58. The second-order valence-corrected chi connectivity index (χ2v) is 5.69. The molecule has 19 heavy (non-hydrogen) atoms. The van der Waals surface area contributed by atoms with Crippen LogP contribution in [0.3, 0.4) is 0 Å². The number of carbonyl (C=O) groups excluding carboxylic acids is 1. The summed E-state index contributed by atoms with van der Waals surface area (Å²) in [5.41, 5.74) is 5.62. The zero-order valence-electron chi connectivity index (χ0n) is 12.3. The third kappa shape index (κ3) is 3.37. The molecule has 1 heterocycles. The molecule has 1 amide bonds. The van der Waals surface area contributed by atoms with Crippen LogP contribution in [0, 0.1) is 17.8 Å². The zero-order chi connectivity index (χ0) is 14.7. The number of carbonyl (C=O) groups is 1. The van der Waals surface area contributed by atoms with Crippen molar-refractivity contribution in [3.63, 3.8) is 0 Å². The number of nitrogens with one attached hydrogen (secondary N) is 1. The molecular formula is C13H25N3O3. The van der Waals surface area contributed by atoms with Crippen molar-refractivity contribution in [3.8, 4) is 0 Å². The minimum absolute atomic E-state index is 0.0237. The molecule has 1 rings (SSSR count). The van der Waals surface area contributed by atoms with Crippen molar-refractivity contribution in [3.05, 3.63) is 0 Å². The van der Waals surface area contributed by atoms with Crippen LogP contribution in [0.15, 0.2) is 5.16 Å². The normalized spacial score (nSPS) is 33.5. The van der Waals surface area contributed by atoms with Gasteiger partial charge in [-0.1, -0.05) is 25.9 Å². The van der Waals surface area contributed by atoms with E-state index in [1.807, 2.05) is 34.6 Å². The van der Waals surface area contributed by atoms with Gasteiger partial charge in [-0.3, -0.25) is 4.79 Å². The molecule has 5 unspecified atom stereocenters. The van der Waals surface area contributed by atoms with E-state index in [0.717, 1.165) is 0 Å². The van der Waals surface area contributed by atoms with Gasteiger partial charge < -0.3 is 21.0 Å². The molecule has 1 saturated heterocycles. The third-order valence-electron chi connectivity index (χ3n) is 3.94. The second kappa shape index (κ2) is 6.23. The summed E-state index contributed by atoms with van der Waals surface area (Å²) in [5.74, 6) is -0.0895. The SMILES string of the molecule is CC(C)C(NC(=O)C1C(C)OC(C)C1C)C(N)=NO. The van der Waals surface area contributed by atoms with Crippen LogP contribution in [0.5, 0.6) is 0 Å². The Labute approximate surface area is 114 Å². The van der Waals surface area contributed by atoms with Crippen LogP contribution in [0.25, 0.3) is 0 Å². The summed E-state index contributed by atoms with van der Waals surface area (Å²) in [6.07, 6.45) is -0.0581. The molecule has 0 aliphatic carbocycles. The number of ether oxygens (including phenoxy) is 1. The maximum atomic E-state index is 12.4. The number of nitrogens with zero attached hydrogens (tertiary/aromatic N) is 1. The van der Waals surface area contributed by atoms with E-state index in [9.17, 15) is 4.79 Å². The first-order valence-electron chi connectivity index (χ1n) is 6.72. The fourth-order valence-corrected chi connectivity index (χ4v) is 2.61. The van der Waals surface area contributed by atoms with Gasteiger partial charge in [0.05, 0.1) is 24.2 Å². The predicted molar refractivity (Wildman–Crippen MR) is 72.8 cm³/mol. The maximum absolute atomic E-state index is 12.4. The Balaban J connectivity index is 2.78. The zero-order valence-corrected chi connectivity index (χ0v) is 12.3. The van der Waals surface area contributed by atoms with Crippen molar-refractivity contribution in [2.45, 2.75) is 52.9 Å². The Kier molecular flexibility index (Phi) is 5.17. The van der Waals surface area contributed by atoms with Gasteiger partial charge in [-0.2, -0.15) is 0 Å². The van der Waals surface area contributed by atoms with E-state index in [1.165, 1.54) is 0 Å². The van der Waals surface area contributed by atoms with Crippen molar-refractivity contribution in [2.75, 3.05) is 0 Å². The van der Waals surface area contributed by atoms with E-state index in [1.54, 1.807) is 0 Å². The smallest absolute Gasteiger partial charge is 0.226 e. The molecule has 110 valence electrons. The lowest BCUT2D eigenvalue weighted by Gasteiger charge is -2.25. The molecule has 0 radical (unpaired) electrons. The highest BCUT2D eigenvalue weighted by Crippen LogP contribution is 2.32. The highest BCUT2D eigenvalue weighted by Gasteiger charge is 2.42. The lowest BCUT2D eigenvalue weighted by Crippen LogP contribution is -2.51. The first-order valence-corrected chi connectivity index (χ1v) is 6.72. The van der Waals surface area contributed by atoms with Gasteiger partial charge in [0, 0.05) is 0 Å². The second-order valence-electron chi connectivity index (χ2n) is 5.69. The van der Waals surface area contributed by atoms with Crippen LogP contribution in [-0.4, -0.2) is 35.2 Å². The molecule has 4 N–H and O–H groups in total. The minimum Gasteiger partial charge on any atom is -0.409 e. The predicted octanol–water partition coefficient (Wildman–Crippen LogP) is 0.933. The molecular weight excluding hydrogens is 246 g/mol. The summed E-state index contributed by atoms with van der Waals surface area (Å²) in [7, 11) is 0. The van der Waals surface area contributed by atoms with Gasteiger partial charge >= 0.3 is 0 Å². The topological polar surface area (TPSA) is 96.9 Å². The number of hydrogen-bond donors (Lipinski definition) is 3. The van der Waals surface area contributed by atoms with Crippen LogP contribution in [0.4, 0.5) is 0 Å². The van der Waals surface area contributed by atoms with Crippen molar-refractivity contribution in [1.29, 1.82) is 0 Å². The van der Waals surface area contributed by atoms with Crippen LogP contribution < -0.4 is 11.1 Å². The Morgan fingerprint density at radius 3 is 2.26 bits per heavy atom. The Hall–Kier alpha value is -1.30. The van der Waals surface area contributed by atoms with Crippen LogP contribution >= 0.6 is 0 Å². The van der Waals surface area contributed by atoms with E-state index >= 15 is 0 Å². The van der Waals surface area contributed by atoms with E-state index in [4.69, 9.17) is 15.7 Å². The molecule has 0 aromatic heterocycles. The van der Waals surface area contributed by atoms with Gasteiger partial charge in [0.1, 0.15) is 0 Å². The fraction of sp³-hybridized carbons (Fsp3) is 0.846. The number of nitrogens with two attached hydrogens (primary N) is 1. The molecule has 0 saturated carbocycles. The van der Waals surface area contributed by atoms with E-state index in [0.29, 0.717) is 0 Å². The lowest BCUT2D eigenvalue weighted by molar-refractivity contribution is -0.127. The number of amides is 1. The van der Waals surface area contributed by atoms with Gasteiger partial charge in [-0.05, 0) is 25.7 Å². The van der Waals surface area contributed by atoms with Crippen molar-refractivity contribution < 1.29 is 14.7 Å². The molecule has 0 aromatic carbocycles. The Bertz CT molecular complexity index is 357. The molecule has 1 aliphatic rings. The van der Waals surface area contributed by atoms with Gasteiger partial charge in [-0.25, -0.2) is 0 Å². The van der Waals surface area contributed by atoms with Crippen LogP contribution in [0.1, 0.15) is 34.6 Å². The number of oxime groups is 1. The molecule has 6 nitrogen and oxygen atoms in total. The van der Waals surface area contributed by atoms with Crippen LogP contribution in [0.2, 0.25) is 0 Å². The summed E-state index contributed by atoms with van der Waals surface area (Å²) < 4.78 is 5.66. The Morgan fingerprint density at radius 1 is 1.32 bits per heavy atom. The molecule has 0 aromatic rings. The summed E-state index contributed by atoms with van der Waals surface area (Å²) in [6, 6.07) is -0.465. The summed E-state index contributed by atoms with van der Waals surface area (Å²) in [6.45, 7) is 9.69. The van der Waals surface area contributed by atoms with Gasteiger partial charge in [-0.15, -0.1) is 0 Å². The van der Waals surface area contributed by atoms with Crippen molar-refractivity contribution >= 4 is 11.7 Å². The monoisotopic (exact) mass is 271 g/mol. The van der Waals surface area contributed by atoms with Gasteiger partial charge in [0.15, 0.2) is 5.84 Å². The lowest BCUT2D eigenvalue weighted by atomic mass is 9.88. The third-order valence-corrected chi connectivity index (χ3v) is 3.94. The van der Waals surface area contributed by atoms with Crippen molar-refractivity contribution in [2.24, 2.45) is 28.6 Å². The maximum Gasteiger partial charge on any atom is 0.226 e. The first kappa shape index (κ1) is 15.8. The van der Waals surface area contributed by atoms with E-state index in [-0.39, 0.29) is 41.7 Å². The molecule has 0 spiro atoms. The molecule has 6 heteroatoms. The number of hydrogen-bond acceptors (Lipinski definition) is 4. The van der Waals surface area contributed by atoms with Crippen LogP contribution in [-0.2, 0) is 9.53 Å². The molecule has 5 atom stereocenters. The van der Waals surface area contributed by atoms with Crippen molar-refractivity contribution in [1.82, 2.24) is 5.32 Å². The summed E-state index contributed by atoms with van der Waals surface area (Å²) in [5, 5.41) is 14.6. The molecule has 0 bridgehead atoms. The van der Waals surface area contributed by atoms with E-state index in [2.05, 4.69) is 10.5 Å². The fourth-order valence-electron chi connectivity index (χ4n) is 2.61. The quantitative estimate of drug-likeness (QED) is 0.307. The highest BCUT2D eigenvalue weighted by molar-refractivity contribution is 5.91. The summed E-state index contributed by atoms with van der Waals surface area (Å²) in [4.78, 5) is 12.4. The van der Waals surface area contributed by atoms with Gasteiger partial charge in [0.2, 0.25) is 5.91 Å². The summed E-state index contributed by atoms with van der Waals surface area (Å²) >= 11 is 0. The molecule has 1 fully saturated rings. The van der Waals surface area contributed by atoms with Gasteiger partial charge in [0.25, 0.3) is 0 Å². The highest BCUT2D eigenvalue weighted by atomic mass is 16.5. The van der Waals surface area contributed by atoms with E-state index < -0.39 is 6.04 Å². The largest absolute Gasteiger partial charge is 0.409 e. The number of amidine groups is 1. The minimum atomic E-state index is -0.465. The number of rotatable bonds is 4. The first-order chi connectivity index (χ1) is 8.79. The molecule has 1 aliphatic heterocycles. The standard InChI is InChI=1S/C13H25N3O3/c1-6(2)11(12(14)16-18)15-13(17)10-7(3)8(4)19-9(10)5/h6-11,18H,1-5H3,(H2,14,16)(H,15,17). The average molecular weight is 271 g/mol.